The van der Waals surface area contributed by atoms with Crippen molar-refractivity contribution >= 4 is 10.0 Å². The highest BCUT2D eigenvalue weighted by atomic mass is 32.2. The van der Waals surface area contributed by atoms with Crippen LogP contribution in [-0.2, 0) is 16.4 Å². The minimum atomic E-state index is -3.60. The molecule has 0 spiro atoms. The van der Waals surface area contributed by atoms with E-state index in [0.29, 0.717) is 23.3 Å². The third-order valence-corrected chi connectivity index (χ3v) is 5.32. The van der Waals surface area contributed by atoms with Gasteiger partial charge in [-0.05, 0) is 61.2 Å². The Morgan fingerprint density at radius 1 is 1.09 bits per heavy atom. The lowest BCUT2D eigenvalue weighted by molar-refractivity contribution is 0.413. The molecule has 0 atom stereocenters. The molecule has 0 aliphatic heterocycles. The van der Waals surface area contributed by atoms with Crippen LogP contribution in [0.5, 0.6) is 5.75 Å². The SMILES string of the molecule is COc1cc(C)c(S(=O)(=O)NCCc2ccc(F)cc2)c(C)c1. The number of rotatable bonds is 6. The minimum Gasteiger partial charge on any atom is -0.497 e. The number of ether oxygens (including phenoxy) is 1. The van der Waals surface area contributed by atoms with Gasteiger partial charge < -0.3 is 4.74 Å². The molecule has 0 saturated heterocycles. The fraction of sp³-hybridized carbons (Fsp3) is 0.294. The van der Waals surface area contributed by atoms with Crippen LogP contribution in [-0.4, -0.2) is 22.1 Å². The number of sulfonamides is 1. The fourth-order valence-corrected chi connectivity index (χ4v) is 3.99. The van der Waals surface area contributed by atoms with Gasteiger partial charge in [0.1, 0.15) is 11.6 Å². The molecule has 0 fully saturated rings. The van der Waals surface area contributed by atoms with E-state index in [0.717, 1.165) is 5.56 Å². The van der Waals surface area contributed by atoms with E-state index in [1.807, 2.05) is 0 Å². The molecule has 0 heterocycles. The summed E-state index contributed by atoms with van der Waals surface area (Å²) in [4.78, 5) is 0.275. The molecule has 0 radical (unpaired) electrons. The van der Waals surface area contributed by atoms with Gasteiger partial charge in [-0.15, -0.1) is 0 Å². The molecule has 1 N–H and O–H groups in total. The number of benzene rings is 2. The lowest BCUT2D eigenvalue weighted by atomic mass is 10.1. The monoisotopic (exact) mass is 337 g/mol. The Bertz CT molecular complexity index is 763. The smallest absolute Gasteiger partial charge is 0.241 e. The van der Waals surface area contributed by atoms with Crippen molar-refractivity contribution in [1.29, 1.82) is 0 Å². The molecule has 6 heteroatoms. The second-order valence-corrected chi connectivity index (χ2v) is 7.07. The molecular weight excluding hydrogens is 317 g/mol. The van der Waals surface area contributed by atoms with Crippen LogP contribution in [0.1, 0.15) is 16.7 Å². The van der Waals surface area contributed by atoms with E-state index in [1.165, 1.54) is 12.1 Å². The largest absolute Gasteiger partial charge is 0.497 e. The van der Waals surface area contributed by atoms with E-state index >= 15 is 0 Å². The van der Waals surface area contributed by atoms with Crippen molar-refractivity contribution in [1.82, 2.24) is 4.72 Å². The maximum absolute atomic E-state index is 12.8. The molecule has 124 valence electrons. The van der Waals surface area contributed by atoms with Gasteiger partial charge in [0, 0.05) is 6.54 Å². The maximum atomic E-state index is 12.8. The zero-order valence-electron chi connectivity index (χ0n) is 13.4. The van der Waals surface area contributed by atoms with Gasteiger partial charge in [-0.25, -0.2) is 17.5 Å². The molecule has 4 nitrogen and oxygen atoms in total. The number of aryl methyl sites for hydroxylation is 2. The normalized spacial score (nSPS) is 11.5. The highest BCUT2D eigenvalue weighted by Gasteiger charge is 2.20. The van der Waals surface area contributed by atoms with Crippen molar-refractivity contribution < 1.29 is 17.5 Å². The average Bonchev–Trinajstić information content (AvgIpc) is 2.48. The first kappa shape index (κ1) is 17.4. The van der Waals surface area contributed by atoms with Crippen LogP contribution >= 0.6 is 0 Å². The first-order valence-corrected chi connectivity index (χ1v) is 8.71. The van der Waals surface area contributed by atoms with Crippen molar-refractivity contribution in [3.63, 3.8) is 0 Å². The summed E-state index contributed by atoms with van der Waals surface area (Å²) in [6, 6.07) is 9.41. The summed E-state index contributed by atoms with van der Waals surface area (Å²) < 4.78 is 45.6. The molecule has 0 aromatic heterocycles. The molecule has 0 saturated carbocycles. The highest BCUT2D eigenvalue weighted by molar-refractivity contribution is 7.89. The summed E-state index contributed by atoms with van der Waals surface area (Å²) >= 11 is 0. The first-order chi connectivity index (χ1) is 10.8. The Kier molecular flexibility index (Phi) is 5.38. The van der Waals surface area contributed by atoms with Crippen LogP contribution in [0.4, 0.5) is 4.39 Å². The number of hydrogen-bond acceptors (Lipinski definition) is 3. The molecule has 23 heavy (non-hydrogen) atoms. The third kappa shape index (κ3) is 4.30. The Morgan fingerprint density at radius 3 is 2.17 bits per heavy atom. The molecular formula is C17H20FNO3S. The van der Waals surface area contributed by atoms with Crippen LogP contribution in [0.25, 0.3) is 0 Å². The predicted octanol–water partition coefficient (Wildman–Crippen LogP) is 2.97. The number of methoxy groups -OCH3 is 1. The number of halogens is 1. The van der Waals surface area contributed by atoms with Gasteiger partial charge in [-0.1, -0.05) is 12.1 Å². The first-order valence-electron chi connectivity index (χ1n) is 7.23. The molecule has 0 amide bonds. The van der Waals surface area contributed by atoms with E-state index in [4.69, 9.17) is 4.74 Å². The minimum absolute atomic E-state index is 0.249. The Labute approximate surface area is 136 Å². The van der Waals surface area contributed by atoms with Crippen molar-refractivity contribution in [2.75, 3.05) is 13.7 Å². The second kappa shape index (κ2) is 7.10. The van der Waals surface area contributed by atoms with E-state index < -0.39 is 10.0 Å². The van der Waals surface area contributed by atoms with Gasteiger partial charge in [-0.2, -0.15) is 0 Å². The topological polar surface area (TPSA) is 55.4 Å². The lowest BCUT2D eigenvalue weighted by Gasteiger charge is -2.13. The van der Waals surface area contributed by atoms with Gasteiger partial charge in [0.25, 0.3) is 0 Å². The number of nitrogens with one attached hydrogen (secondary N) is 1. The van der Waals surface area contributed by atoms with Crippen molar-refractivity contribution in [3.8, 4) is 5.75 Å². The Balaban J connectivity index is 2.11. The van der Waals surface area contributed by atoms with Crippen molar-refractivity contribution in [2.45, 2.75) is 25.2 Å². The maximum Gasteiger partial charge on any atom is 0.241 e. The highest BCUT2D eigenvalue weighted by Crippen LogP contribution is 2.25. The predicted molar refractivity (Wildman–Crippen MR) is 87.8 cm³/mol. The molecule has 0 aliphatic rings. The molecule has 0 bridgehead atoms. The van der Waals surface area contributed by atoms with Crippen LogP contribution < -0.4 is 9.46 Å². The standard InChI is InChI=1S/C17H20FNO3S/c1-12-10-16(22-3)11-13(2)17(12)23(20,21)19-9-8-14-4-6-15(18)7-5-14/h4-7,10-11,19H,8-9H2,1-3H3. The summed E-state index contributed by atoms with van der Waals surface area (Å²) in [5, 5.41) is 0. The Morgan fingerprint density at radius 2 is 1.65 bits per heavy atom. The van der Waals surface area contributed by atoms with Crippen molar-refractivity contribution in [3.05, 3.63) is 58.9 Å². The van der Waals surface area contributed by atoms with Gasteiger partial charge in [0.2, 0.25) is 10.0 Å². The molecule has 0 unspecified atom stereocenters. The summed E-state index contributed by atoms with van der Waals surface area (Å²) in [5.74, 6) is 0.323. The summed E-state index contributed by atoms with van der Waals surface area (Å²) in [5.41, 5.74) is 2.14. The lowest BCUT2D eigenvalue weighted by Crippen LogP contribution is -2.27. The average molecular weight is 337 g/mol. The Hall–Kier alpha value is -1.92. The number of hydrogen-bond donors (Lipinski definition) is 1. The van der Waals surface area contributed by atoms with Gasteiger partial charge >= 0.3 is 0 Å². The zero-order valence-corrected chi connectivity index (χ0v) is 14.2. The molecule has 2 aromatic rings. The van der Waals surface area contributed by atoms with Gasteiger partial charge in [0.15, 0.2) is 0 Å². The third-order valence-electron chi connectivity index (χ3n) is 3.56. The molecule has 0 aliphatic carbocycles. The van der Waals surface area contributed by atoms with Crippen LogP contribution in [0.3, 0.4) is 0 Å². The van der Waals surface area contributed by atoms with Gasteiger partial charge in [0.05, 0.1) is 12.0 Å². The van der Waals surface area contributed by atoms with Crippen LogP contribution in [0.2, 0.25) is 0 Å². The summed E-state index contributed by atoms with van der Waals surface area (Å²) in [6.45, 7) is 3.73. The van der Waals surface area contributed by atoms with E-state index in [-0.39, 0.29) is 17.3 Å². The van der Waals surface area contributed by atoms with Crippen LogP contribution in [0.15, 0.2) is 41.3 Å². The zero-order chi connectivity index (χ0) is 17.0. The quantitative estimate of drug-likeness (QED) is 0.882. The van der Waals surface area contributed by atoms with E-state index in [1.54, 1.807) is 45.2 Å². The second-order valence-electron chi connectivity index (χ2n) is 5.36. The van der Waals surface area contributed by atoms with Crippen LogP contribution in [0, 0.1) is 19.7 Å². The summed E-state index contributed by atoms with van der Waals surface area (Å²) in [6.07, 6.45) is 0.494. The molecule has 2 rings (SSSR count). The molecule has 2 aromatic carbocycles. The van der Waals surface area contributed by atoms with E-state index in [2.05, 4.69) is 4.72 Å². The van der Waals surface area contributed by atoms with E-state index in [9.17, 15) is 12.8 Å². The van der Waals surface area contributed by atoms with Crippen molar-refractivity contribution in [2.24, 2.45) is 0 Å². The fourth-order valence-electron chi connectivity index (χ4n) is 2.51. The summed E-state index contributed by atoms with van der Waals surface area (Å²) in [7, 11) is -2.06. The van der Waals surface area contributed by atoms with Gasteiger partial charge in [-0.3, -0.25) is 0 Å².